The molecule has 0 fully saturated rings. The molecule has 1 atom stereocenters. The highest BCUT2D eigenvalue weighted by Gasteiger charge is 2.31. The predicted octanol–water partition coefficient (Wildman–Crippen LogP) is 3.81. The summed E-state index contributed by atoms with van der Waals surface area (Å²) in [4.78, 5) is 24.2. The number of hydrogen-bond acceptors (Lipinski definition) is 6. The number of anilines is 1. The van der Waals surface area contributed by atoms with E-state index in [0.717, 1.165) is 0 Å². The van der Waals surface area contributed by atoms with Crippen molar-refractivity contribution in [2.75, 3.05) is 19.5 Å². The van der Waals surface area contributed by atoms with E-state index in [9.17, 15) is 14.9 Å². The van der Waals surface area contributed by atoms with Crippen LogP contribution in [0.1, 0.15) is 18.5 Å². The number of methoxy groups -OCH3 is 2. The summed E-state index contributed by atoms with van der Waals surface area (Å²) < 4.78 is 10.9. The Morgan fingerprint density at radius 1 is 1.23 bits per heavy atom. The predicted molar refractivity (Wildman–Crippen MR) is 123 cm³/mol. The van der Waals surface area contributed by atoms with Crippen molar-refractivity contribution in [1.82, 2.24) is 10.6 Å². The molecule has 1 amide bonds. The number of nitro groups is 1. The highest BCUT2D eigenvalue weighted by molar-refractivity contribution is 9.10. The van der Waals surface area contributed by atoms with Crippen LogP contribution in [-0.4, -0.2) is 30.2 Å². The van der Waals surface area contributed by atoms with E-state index < -0.39 is 16.9 Å². The van der Waals surface area contributed by atoms with E-state index in [1.165, 1.54) is 20.3 Å². The molecule has 162 valence electrons. The third-order valence-corrected chi connectivity index (χ3v) is 5.56. The Kier molecular flexibility index (Phi) is 6.76. The molecule has 3 N–H and O–H groups in total. The number of carbonyl (C=O) groups excluding carboxylic acids is 1. The quantitative estimate of drug-likeness (QED) is 0.307. The van der Waals surface area contributed by atoms with Crippen LogP contribution in [0.3, 0.4) is 0 Å². The Bertz CT molecular complexity index is 1100. The standard InChI is InChI=1S/C20H19BrN4O5S/c1-10-17(19(26)23-14-9-12(29-2)5-7-16(14)30-3)18(24-20(31)22-10)11-4-6-13(21)15(8-11)25(27)28/h4-9,18H,1-3H3,(H,23,26)(H2,22,24,31). The molecule has 0 aromatic heterocycles. The van der Waals surface area contributed by atoms with Gasteiger partial charge in [-0.1, -0.05) is 6.07 Å². The fraction of sp³-hybridized carbons (Fsp3) is 0.200. The van der Waals surface area contributed by atoms with Crippen LogP contribution in [0, 0.1) is 10.1 Å². The summed E-state index contributed by atoms with van der Waals surface area (Å²) in [5.74, 6) is 0.570. The summed E-state index contributed by atoms with van der Waals surface area (Å²) in [7, 11) is 3.01. The Balaban J connectivity index is 2.02. The van der Waals surface area contributed by atoms with E-state index in [1.807, 2.05) is 0 Å². The third kappa shape index (κ3) is 4.78. The first-order chi connectivity index (χ1) is 14.7. The van der Waals surface area contributed by atoms with E-state index in [1.54, 1.807) is 37.3 Å². The van der Waals surface area contributed by atoms with E-state index >= 15 is 0 Å². The number of nitrogens with zero attached hydrogens (tertiary/aromatic N) is 1. The van der Waals surface area contributed by atoms with Crippen LogP contribution in [0.2, 0.25) is 0 Å². The van der Waals surface area contributed by atoms with Crippen molar-refractivity contribution < 1.29 is 19.2 Å². The van der Waals surface area contributed by atoms with Gasteiger partial charge in [0.2, 0.25) is 0 Å². The second kappa shape index (κ2) is 9.31. The number of amides is 1. The van der Waals surface area contributed by atoms with Crippen LogP contribution in [-0.2, 0) is 4.79 Å². The fourth-order valence-corrected chi connectivity index (χ4v) is 3.86. The largest absolute Gasteiger partial charge is 0.497 e. The smallest absolute Gasteiger partial charge is 0.283 e. The number of thiocarbonyl (C=S) groups is 1. The minimum atomic E-state index is -0.697. The van der Waals surface area contributed by atoms with Gasteiger partial charge in [-0.2, -0.15) is 0 Å². The van der Waals surface area contributed by atoms with Crippen LogP contribution in [0.25, 0.3) is 0 Å². The molecule has 1 heterocycles. The number of halogens is 1. The van der Waals surface area contributed by atoms with Gasteiger partial charge in [-0.15, -0.1) is 0 Å². The molecule has 0 radical (unpaired) electrons. The second-order valence-electron chi connectivity index (χ2n) is 6.56. The number of ether oxygens (including phenoxy) is 2. The highest BCUT2D eigenvalue weighted by Crippen LogP contribution is 2.35. The number of nitrogens with one attached hydrogen (secondary N) is 3. The third-order valence-electron chi connectivity index (χ3n) is 4.67. The lowest BCUT2D eigenvalue weighted by molar-refractivity contribution is -0.385. The first-order valence-corrected chi connectivity index (χ1v) is 10.2. The first kappa shape index (κ1) is 22.5. The van der Waals surface area contributed by atoms with Crippen LogP contribution in [0.4, 0.5) is 11.4 Å². The minimum absolute atomic E-state index is 0.115. The van der Waals surface area contributed by atoms with Crippen molar-refractivity contribution >= 4 is 50.5 Å². The van der Waals surface area contributed by atoms with E-state index in [0.29, 0.717) is 43.6 Å². The number of benzene rings is 2. The number of rotatable bonds is 6. The molecule has 9 nitrogen and oxygen atoms in total. The molecule has 0 aliphatic carbocycles. The van der Waals surface area contributed by atoms with Gasteiger partial charge < -0.3 is 25.4 Å². The van der Waals surface area contributed by atoms with Gasteiger partial charge in [0.15, 0.2) is 5.11 Å². The molecule has 1 aliphatic heterocycles. The zero-order valence-electron chi connectivity index (χ0n) is 16.8. The van der Waals surface area contributed by atoms with Gasteiger partial charge >= 0.3 is 0 Å². The molecule has 3 rings (SSSR count). The number of hydrogen-bond donors (Lipinski definition) is 3. The highest BCUT2D eigenvalue weighted by atomic mass is 79.9. The Hall–Kier alpha value is -3.18. The summed E-state index contributed by atoms with van der Waals surface area (Å²) in [6, 6.07) is 8.99. The lowest BCUT2D eigenvalue weighted by Crippen LogP contribution is -2.45. The molecular weight excluding hydrogens is 488 g/mol. The summed E-state index contributed by atoms with van der Waals surface area (Å²) in [5.41, 5.74) is 1.67. The summed E-state index contributed by atoms with van der Waals surface area (Å²) in [5, 5.41) is 20.5. The van der Waals surface area contributed by atoms with Gasteiger partial charge in [-0.3, -0.25) is 14.9 Å². The monoisotopic (exact) mass is 506 g/mol. The van der Waals surface area contributed by atoms with Crippen LogP contribution in [0.15, 0.2) is 52.1 Å². The van der Waals surface area contributed by atoms with E-state index in [2.05, 4.69) is 31.9 Å². The molecule has 0 spiro atoms. The summed E-state index contributed by atoms with van der Waals surface area (Å²) in [6.07, 6.45) is 0. The number of allylic oxidation sites excluding steroid dienone is 1. The zero-order chi connectivity index (χ0) is 22.7. The average Bonchev–Trinajstić information content (AvgIpc) is 2.73. The van der Waals surface area contributed by atoms with Crippen molar-refractivity contribution in [1.29, 1.82) is 0 Å². The molecule has 0 saturated carbocycles. The molecule has 2 aromatic rings. The maximum Gasteiger partial charge on any atom is 0.283 e. The zero-order valence-corrected chi connectivity index (χ0v) is 19.2. The minimum Gasteiger partial charge on any atom is -0.497 e. The van der Waals surface area contributed by atoms with Gasteiger partial charge in [-0.05, 0) is 58.8 Å². The lowest BCUT2D eigenvalue weighted by Gasteiger charge is -2.30. The topological polar surface area (TPSA) is 115 Å². The van der Waals surface area contributed by atoms with Crippen LogP contribution in [0.5, 0.6) is 11.5 Å². The van der Waals surface area contributed by atoms with Gasteiger partial charge in [0.05, 0.1) is 40.9 Å². The first-order valence-electron chi connectivity index (χ1n) is 9.00. The van der Waals surface area contributed by atoms with Crippen molar-refractivity contribution in [3.8, 4) is 11.5 Å². The Morgan fingerprint density at radius 3 is 2.61 bits per heavy atom. The molecule has 1 aliphatic rings. The van der Waals surface area contributed by atoms with Crippen LogP contribution < -0.4 is 25.4 Å². The number of carbonyl (C=O) groups is 1. The summed E-state index contributed by atoms with van der Waals surface area (Å²) in [6.45, 7) is 1.71. The Morgan fingerprint density at radius 2 is 1.97 bits per heavy atom. The number of nitro benzene ring substituents is 1. The van der Waals surface area contributed by atoms with Gasteiger partial charge in [0.25, 0.3) is 11.6 Å². The molecule has 11 heteroatoms. The molecule has 2 aromatic carbocycles. The SMILES string of the molecule is COc1ccc(OC)c(NC(=O)C2=C(C)NC(=S)NC2c2ccc(Br)c([N+](=O)[O-])c2)c1. The van der Waals surface area contributed by atoms with E-state index in [-0.39, 0.29) is 5.69 Å². The van der Waals surface area contributed by atoms with Gasteiger partial charge in [-0.25, -0.2) is 0 Å². The van der Waals surface area contributed by atoms with Gasteiger partial charge in [0.1, 0.15) is 11.5 Å². The lowest BCUT2D eigenvalue weighted by atomic mass is 9.94. The van der Waals surface area contributed by atoms with Crippen LogP contribution >= 0.6 is 28.1 Å². The van der Waals surface area contributed by atoms with Crippen molar-refractivity contribution in [2.45, 2.75) is 13.0 Å². The molecule has 0 bridgehead atoms. The second-order valence-corrected chi connectivity index (χ2v) is 7.82. The van der Waals surface area contributed by atoms with Gasteiger partial charge in [0, 0.05) is 17.8 Å². The molecule has 0 saturated heterocycles. The maximum atomic E-state index is 13.3. The molecule has 1 unspecified atom stereocenters. The maximum absolute atomic E-state index is 13.3. The van der Waals surface area contributed by atoms with E-state index in [4.69, 9.17) is 21.7 Å². The normalized spacial score (nSPS) is 15.6. The molecule has 31 heavy (non-hydrogen) atoms. The van der Waals surface area contributed by atoms with Crippen molar-refractivity contribution in [3.63, 3.8) is 0 Å². The fourth-order valence-electron chi connectivity index (χ4n) is 3.20. The average molecular weight is 507 g/mol. The summed E-state index contributed by atoms with van der Waals surface area (Å²) >= 11 is 8.42. The van der Waals surface area contributed by atoms with Crippen molar-refractivity contribution in [2.24, 2.45) is 0 Å². The Labute approximate surface area is 192 Å². The van der Waals surface area contributed by atoms with Crippen molar-refractivity contribution in [3.05, 3.63) is 67.8 Å². The molecular formula is C20H19BrN4O5S.